The highest BCUT2D eigenvalue weighted by molar-refractivity contribution is 5.91. The smallest absolute Gasteiger partial charge is 0.193 e. The Kier molecular flexibility index (Phi) is 5.35. The monoisotopic (exact) mass is 225 g/mol. The molecule has 0 bridgehead atoms. The third-order valence-electron chi connectivity index (χ3n) is 1.94. The van der Waals surface area contributed by atoms with Crippen LogP contribution >= 0.6 is 0 Å². The maximum Gasteiger partial charge on any atom is 0.193 e. The molecule has 1 aromatic rings. The minimum atomic E-state index is 0.424. The van der Waals surface area contributed by atoms with E-state index in [4.69, 9.17) is 10.5 Å². The number of methoxy groups -OCH3 is 1. The van der Waals surface area contributed by atoms with Crippen molar-refractivity contribution >= 4 is 11.6 Å². The van der Waals surface area contributed by atoms with Gasteiger partial charge in [-0.05, 0) is 6.42 Å². The molecule has 6 nitrogen and oxygen atoms in total. The lowest BCUT2D eigenvalue weighted by atomic mass is 10.5. The number of aliphatic imine (C=N–C) groups is 1. The highest BCUT2D eigenvalue weighted by Crippen LogP contribution is 2.03. The average molecular weight is 225 g/mol. The summed E-state index contributed by atoms with van der Waals surface area (Å²) in [7, 11) is 1.66. The standard InChI is InChI=1S/C10H19N5O/c1-3-4-12-10(11)14-9-7-13-15(8-9)5-6-16-2/h7-8H,3-6H2,1-2H3,(H3,11,12,14). The van der Waals surface area contributed by atoms with Crippen LogP contribution in [0.3, 0.4) is 0 Å². The molecule has 1 aromatic heterocycles. The van der Waals surface area contributed by atoms with Crippen LogP contribution in [0.25, 0.3) is 0 Å². The fourth-order valence-corrected chi connectivity index (χ4v) is 1.15. The van der Waals surface area contributed by atoms with E-state index < -0.39 is 0 Å². The van der Waals surface area contributed by atoms with Gasteiger partial charge in [-0.3, -0.25) is 9.67 Å². The van der Waals surface area contributed by atoms with Crippen LogP contribution in [0, 0.1) is 0 Å². The van der Waals surface area contributed by atoms with Gasteiger partial charge in [-0.2, -0.15) is 5.10 Å². The van der Waals surface area contributed by atoms with Crippen molar-refractivity contribution in [1.82, 2.24) is 9.78 Å². The van der Waals surface area contributed by atoms with Crippen LogP contribution in [0.5, 0.6) is 0 Å². The van der Waals surface area contributed by atoms with Gasteiger partial charge < -0.3 is 15.8 Å². The SMILES string of the molecule is CCCN=C(N)Nc1cnn(CCOC)c1. The molecule has 3 N–H and O–H groups in total. The molecule has 0 amide bonds. The Morgan fingerprint density at radius 2 is 2.50 bits per heavy atom. The third-order valence-corrected chi connectivity index (χ3v) is 1.94. The van der Waals surface area contributed by atoms with Crippen molar-refractivity contribution in [2.45, 2.75) is 19.9 Å². The number of nitrogens with zero attached hydrogens (tertiary/aromatic N) is 3. The van der Waals surface area contributed by atoms with E-state index in [-0.39, 0.29) is 0 Å². The zero-order chi connectivity index (χ0) is 11.8. The van der Waals surface area contributed by atoms with Crippen molar-refractivity contribution in [2.75, 3.05) is 25.6 Å². The number of nitrogens with one attached hydrogen (secondary N) is 1. The number of rotatable bonds is 6. The van der Waals surface area contributed by atoms with Crippen LogP contribution in [0.1, 0.15) is 13.3 Å². The minimum Gasteiger partial charge on any atom is -0.383 e. The molecule has 1 heterocycles. The summed E-state index contributed by atoms with van der Waals surface area (Å²) in [5.41, 5.74) is 6.52. The van der Waals surface area contributed by atoms with Crippen LogP contribution in [0.15, 0.2) is 17.4 Å². The zero-order valence-corrected chi connectivity index (χ0v) is 9.81. The molecule has 0 fully saturated rings. The quantitative estimate of drug-likeness (QED) is 0.551. The van der Waals surface area contributed by atoms with Gasteiger partial charge in [0.2, 0.25) is 0 Å². The summed E-state index contributed by atoms with van der Waals surface area (Å²) in [6.45, 7) is 4.15. The Labute approximate surface area is 95.5 Å². The second kappa shape index (κ2) is 6.84. The molecule has 0 spiro atoms. The largest absolute Gasteiger partial charge is 0.383 e. The van der Waals surface area contributed by atoms with Crippen molar-refractivity contribution in [2.24, 2.45) is 10.7 Å². The van der Waals surface area contributed by atoms with Crippen molar-refractivity contribution in [3.8, 4) is 0 Å². The van der Waals surface area contributed by atoms with Crippen molar-refractivity contribution < 1.29 is 4.74 Å². The van der Waals surface area contributed by atoms with E-state index in [0.29, 0.717) is 12.6 Å². The molecule has 0 aliphatic heterocycles. The van der Waals surface area contributed by atoms with E-state index in [9.17, 15) is 0 Å². The van der Waals surface area contributed by atoms with E-state index in [1.54, 1.807) is 18.0 Å². The Bertz CT molecular complexity index is 334. The van der Waals surface area contributed by atoms with Gasteiger partial charge >= 0.3 is 0 Å². The normalized spacial score (nSPS) is 11.8. The molecule has 16 heavy (non-hydrogen) atoms. The Morgan fingerprint density at radius 1 is 1.69 bits per heavy atom. The van der Waals surface area contributed by atoms with Crippen LogP contribution in [0.4, 0.5) is 5.69 Å². The lowest BCUT2D eigenvalue weighted by Crippen LogP contribution is -2.22. The van der Waals surface area contributed by atoms with Crippen LogP contribution < -0.4 is 11.1 Å². The van der Waals surface area contributed by atoms with Gasteiger partial charge in [0.25, 0.3) is 0 Å². The maximum atomic E-state index is 5.68. The predicted molar refractivity (Wildman–Crippen MR) is 64.5 cm³/mol. The number of guanidine groups is 1. The molecule has 1 rings (SSSR count). The van der Waals surface area contributed by atoms with Crippen LogP contribution in [-0.2, 0) is 11.3 Å². The summed E-state index contributed by atoms with van der Waals surface area (Å²) >= 11 is 0. The fraction of sp³-hybridized carbons (Fsp3) is 0.600. The Hall–Kier alpha value is -1.56. The minimum absolute atomic E-state index is 0.424. The lowest BCUT2D eigenvalue weighted by molar-refractivity contribution is 0.183. The molecular formula is C10H19N5O. The number of hydrogen-bond acceptors (Lipinski definition) is 3. The number of nitrogens with two attached hydrogens (primary N) is 1. The predicted octanol–water partition coefficient (Wildman–Crippen LogP) is 0.666. The second-order valence-corrected chi connectivity index (χ2v) is 3.38. The third kappa shape index (κ3) is 4.31. The van der Waals surface area contributed by atoms with Gasteiger partial charge in [-0.1, -0.05) is 6.92 Å². The lowest BCUT2D eigenvalue weighted by Gasteiger charge is -2.01. The van der Waals surface area contributed by atoms with E-state index in [2.05, 4.69) is 22.3 Å². The zero-order valence-electron chi connectivity index (χ0n) is 9.81. The topological polar surface area (TPSA) is 77.5 Å². The van der Waals surface area contributed by atoms with Crippen molar-refractivity contribution in [3.05, 3.63) is 12.4 Å². The summed E-state index contributed by atoms with van der Waals surface area (Å²) in [5, 5.41) is 7.13. The molecule has 0 aliphatic carbocycles. The number of ether oxygens (including phenoxy) is 1. The number of hydrogen-bond donors (Lipinski definition) is 2. The molecule has 90 valence electrons. The summed E-state index contributed by atoms with van der Waals surface area (Å²) in [5.74, 6) is 0.424. The Morgan fingerprint density at radius 3 is 3.19 bits per heavy atom. The molecule has 0 saturated carbocycles. The first-order chi connectivity index (χ1) is 7.76. The van der Waals surface area contributed by atoms with Crippen molar-refractivity contribution in [3.63, 3.8) is 0 Å². The summed E-state index contributed by atoms with van der Waals surface area (Å²) in [6, 6.07) is 0. The van der Waals surface area contributed by atoms with Gasteiger partial charge in [0.15, 0.2) is 5.96 Å². The maximum absolute atomic E-state index is 5.68. The van der Waals surface area contributed by atoms with E-state index in [1.807, 2.05) is 6.20 Å². The number of anilines is 1. The second-order valence-electron chi connectivity index (χ2n) is 3.38. The molecule has 0 atom stereocenters. The van der Waals surface area contributed by atoms with Gasteiger partial charge in [0.05, 0.1) is 25.0 Å². The Balaban J connectivity index is 2.45. The highest BCUT2D eigenvalue weighted by Gasteiger charge is 1.99. The molecule has 0 aliphatic rings. The highest BCUT2D eigenvalue weighted by atomic mass is 16.5. The molecule has 6 heteroatoms. The van der Waals surface area contributed by atoms with Gasteiger partial charge in [-0.15, -0.1) is 0 Å². The first-order valence-electron chi connectivity index (χ1n) is 5.34. The van der Waals surface area contributed by atoms with E-state index in [0.717, 1.165) is 25.2 Å². The molecular weight excluding hydrogens is 206 g/mol. The molecule has 0 radical (unpaired) electrons. The molecule has 0 unspecified atom stereocenters. The van der Waals surface area contributed by atoms with E-state index >= 15 is 0 Å². The van der Waals surface area contributed by atoms with Gasteiger partial charge in [0, 0.05) is 19.9 Å². The van der Waals surface area contributed by atoms with Crippen LogP contribution in [-0.4, -0.2) is 36.0 Å². The van der Waals surface area contributed by atoms with E-state index in [1.165, 1.54) is 0 Å². The number of aromatic nitrogens is 2. The van der Waals surface area contributed by atoms with Gasteiger partial charge in [-0.25, -0.2) is 0 Å². The first-order valence-corrected chi connectivity index (χ1v) is 5.34. The van der Waals surface area contributed by atoms with Gasteiger partial charge in [0.1, 0.15) is 0 Å². The molecule has 0 aromatic carbocycles. The van der Waals surface area contributed by atoms with Crippen LogP contribution in [0.2, 0.25) is 0 Å². The summed E-state index contributed by atoms with van der Waals surface area (Å²) in [6.07, 6.45) is 4.56. The fourth-order valence-electron chi connectivity index (χ4n) is 1.15. The average Bonchev–Trinajstić information content (AvgIpc) is 2.71. The first kappa shape index (κ1) is 12.5. The van der Waals surface area contributed by atoms with Crippen molar-refractivity contribution in [1.29, 1.82) is 0 Å². The summed E-state index contributed by atoms with van der Waals surface area (Å²) < 4.78 is 6.75. The summed E-state index contributed by atoms with van der Waals surface area (Å²) in [4.78, 5) is 4.13. The molecule has 0 saturated heterocycles.